The van der Waals surface area contributed by atoms with Crippen LogP contribution in [0.25, 0.3) is 10.9 Å². The SMILES string of the molecule is CCOc1ccc(NC(=O)N(CCc2c[nH]c3ccccc23)CC2=CCC3CC2C3(C)C)cc1. The first kappa shape index (κ1) is 22.6. The molecule has 0 spiro atoms. The summed E-state index contributed by atoms with van der Waals surface area (Å²) in [5.41, 5.74) is 4.94. The molecular formula is C29H35N3O2. The van der Waals surface area contributed by atoms with Crippen molar-refractivity contribution in [2.75, 3.05) is 25.0 Å². The Labute approximate surface area is 202 Å². The summed E-state index contributed by atoms with van der Waals surface area (Å²) in [5, 5.41) is 4.34. The number of amides is 2. The van der Waals surface area contributed by atoms with E-state index in [1.54, 1.807) is 0 Å². The molecule has 178 valence electrons. The molecule has 2 amide bonds. The zero-order valence-electron chi connectivity index (χ0n) is 20.4. The number of aromatic amines is 1. The molecule has 1 saturated carbocycles. The highest BCUT2D eigenvalue weighted by molar-refractivity contribution is 5.89. The van der Waals surface area contributed by atoms with Crippen LogP contribution in [-0.4, -0.2) is 35.6 Å². The molecule has 2 N–H and O–H groups in total. The van der Waals surface area contributed by atoms with Crippen molar-refractivity contribution in [3.63, 3.8) is 0 Å². The van der Waals surface area contributed by atoms with Gasteiger partial charge in [-0.25, -0.2) is 4.79 Å². The molecule has 2 unspecified atom stereocenters. The van der Waals surface area contributed by atoms with Crippen LogP contribution in [0.15, 0.2) is 66.4 Å². The lowest BCUT2D eigenvalue weighted by Gasteiger charge is -2.57. The van der Waals surface area contributed by atoms with E-state index in [1.165, 1.54) is 22.9 Å². The van der Waals surface area contributed by atoms with Crippen molar-refractivity contribution >= 4 is 22.6 Å². The lowest BCUT2D eigenvalue weighted by atomic mass is 9.49. The second-order valence-corrected chi connectivity index (χ2v) is 10.2. The minimum atomic E-state index is -0.0517. The van der Waals surface area contributed by atoms with E-state index in [-0.39, 0.29) is 6.03 Å². The fraction of sp³-hybridized carbons (Fsp3) is 0.414. The van der Waals surface area contributed by atoms with Gasteiger partial charge in [0.05, 0.1) is 6.61 Å². The van der Waals surface area contributed by atoms with Gasteiger partial charge in [-0.15, -0.1) is 0 Å². The van der Waals surface area contributed by atoms with Crippen LogP contribution in [0.4, 0.5) is 10.5 Å². The van der Waals surface area contributed by atoms with E-state index in [9.17, 15) is 4.79 Å². The molecule has 3 aromatic rings. The standard InChI is InChI=1S/C29H35N3O2/c1-4-34-24-13-11-23(12-14-24)31-28(33)32(19-21-9-10-22-17-26(21)29(22,2)3)16-15-20-18-30-27-8-6-5-7-25(20)27/h5-9,11-14,18,22,26,30H,4,10,15-17,19H2,1-3H3,(H,31,33). The number of nitrogens with zero attached hydrogens (tertiary/aromatic N) is 1. The van der Waals surface area contributed by atoms with Gasteiger partial charge in [-0.3, -0.25) is 0 Å². The zero-order chi connectivity index (χ0) is 23.7. The Morgan fingerprint density at radius 2 is 1.97 bits per heavy atom. The summed E-state index contributed by atoms with van der Waals surface area (Å²) in [7, 11) is 0. The van der Waals surface area contributed by atoms with E-state index in [0.717, 1.165) is 35.7 Å². The number of benzene rings is 2. The molecule has 3 aliphatic rings. The highest BCUT2D eigenvalue weighted by atomic mass is 16.5. The van der Waals surface area contributed by atoms with Crippen LogP contribution < -0.4 is 10.1 Å². The number of allylic oxidation sites excluding steroid dienone is 1. The Morgan fingerprint density at radius 1 is 1.18 bits per heavy atom. The van der Waals surface area contributed by atoms with Gasteiger partial charge < -0.3 is 19.9 Å². The molecule has 2 atom stereocenters. The van der Waals surface area contributed by atoms with Crippen molar-refractivity contribution in [1.82, 2.24) is 9.88 Å². The van der Waals surface area contributed by atoms with E-state index in [2.05, 4.69) is 54.6 Å². The number of fused-ring (bicyclic) bond motifs is 2. The molecule has 2 aromatic carbocycles. The van der Waals surface area contributed by atoms with E-state index < -0.39 is 0 Å². The van der Waals surface area contributed by atoms with Crippen LogP contribution in [0, 0.1) is 17.3 Å². The summed E-state index contributed by atoms with van der Waals surface area (Å²) in [6, 6.07) is 15.9. The topological polar surface area (TPSA) is 57.4 Å². The van der Waals surface area contributed by atoms with Crippen LogP contribution >= 0.6 is 0 Å². The van der Waals surface area contributed by atoms with E-state index in [0.29, 0.717) is 31.0 Å². The van der Waals surface area contributed by atoms with Gasteiger partial charge in [0.2, 0.25) is 0 Å². The van der Waals surface area contributed by atoms with Gasteiger partial charge in [-0.2, -0.15) is 0 Å². The highest BCUT2D eigenvalue weighted by Gasteiger charge is 2.51. The van der Waals surface area contributed by atoms with Crippen molar-refractivity contribution in [1.29, 1.82) is 0 Å². The maximum atomic E-state index is 13.4. The fourth-order valence-corrected chi connectivity index (χ4v) is 5.73. The largest absolute Gasteiger partial charge is 0.494 e. The number of ether oxygens (including phenoxy) is 1. The first-order valence-electron chi connectivity index (χ1n) is 12.5. The van der Waals surface area contributed by atoms with Gasteiger partial charge in [0.15, 0.2) is 0 Å². The predicted octanol–water partition coefficient (Wildman–Crippen LogP) is 6.64. The molecular weight excluding hydrogens is 422 g/mol. The molecule has 3 aliphatic carbocycles. The van der Waals surface area contributed by atoms with Crippen molar-refractivity contribution in [2.45, 2.75) is 40.0 Å². The first-order valence-corrected chi connectivity index (χ1v) is 12.5. The second-order valence-electron chi connectivity index (χ2n) is 10.2. The van der Waals surface area contributed by atoms with E-state index >= 15 is 0 Å². The number of hydrogen-bond donors (Lipinski definition) is 2. The average Bonchev–Trinajstić information content (AvgIpc) is 3.26. The number of carbonyl (C=O) groups is 1. The van der Waals surface area contributed by atoms with Crippen LogP contribution in [0.2, 0.25) is 0 Å². The number of urea groups is 1. The van der Waals surface area contributed by atoms with Crippen molar-refractivity contribution in [2.24, 2.45) is 17.3 Å². The Balaban J connectivity index is 1.32. The third kappa shape index (κ3) is 4.31. The van der Waals surface area contributed by atoms with Crippen LogP contribution in [0.3, 0.4) is 0 Å². The lowest BCUT2D eigenvalue weighted by molar-refractivity contribution is -0.00949. The summed E-state index contributed by atoms with van der Waals surface area (Å²) in [6.07, 6.45) is 7.68. The summed E-state index contributed by atoms with van der Waals surface area (Å²) in [5.74, 6) is 2.18. The fourth-order valence-electron chi connectivity index (χ4n) is 5.73. The predicted molar refractivity (Wildman–Crippen MR) is 138 cm³/mol. The van der Waals surface area contributed by atoms with Crippen molar-refractivity contribution in [3.8, 4) is 5.75 Å². The van der Waals surface area contributed by atoms with Crippen molar-refractivity contribution < 1.29 is 9.53 Å². The molecule has 0 saturated heterocycles. The van der Waals surface area contributed by atoms with Gasteiger partial charge in [0.1, 0.15) is 5.75 Å². The van der Waals surface area contributed by atoms with Gasteiger partial charge in [-0.05, 0) is 79.3 Å². The molecule has 5 heteroatoms. The maximum Gasteiger partial charge on any atom is 0.322 e. The van der Waals surface area contributed by atoms with Crippen LogP contribution in [-0.2, 0) is 6.42 Å². The van der Waals surface area contributed by atoms with E-state index in [4.69, 9.17) is 4.74 Å². The summed E-state index contributed by atoms with van der Waals surface area (Å²) in [4.78, 5) is 18.8. The summed E-state index contributed by atoms with van der Waals surface area (Å²) >= 11 is 0. The maximum absolute atomic E-state index is 13.4. The molecule has 0 radical (unpaired) electrons. The van der Waals surface area contributed by atoms with Gasteiger partial charge >= 0.3 is 6.03 Å². The number of hydrogen-bond acceptors (Lipinski definition) is 2. The second kappa shape index (κ2) is 9.21. The summed E-state index contributed by atoms with van der Waals surface area (Å²) < 4.78 is 5.53. The summed E-state index contributed by atoms with van der Waals surface area (Å²) in [6.45, 7) is 8.71. The Hall–Kier alpha value is -3.21. The number of anilines is 1. The molecule has 1 aromatic heterocycles. The molecule has 5 nitrogen and oxygen atoms in total. The zero-order valence-corrected chi connectivity index (χ0v) is 20.4. The highest BCUT2D eigenvalue weighted by Crippen LogP contribution is 2.59. The number of carbonyl (C=O) groups excluding carboxylic acids is 1. The smallest absolute Gasteiger partial charge is 0.322 e. The molecule has 1 heterocycles. The average molecular weight is 458 g/mol. The quantitative estimate of drug-likeness (QED) is 0.373. The third-order valence-corrected chi connectivity index (χ3v) is 7.99. The Morgan fingerprint density at radius 3 is 2.71 bits per heavy atom. The molecule has 6 rings (SSSR count). The van der Waals surface area contributed by atoms with Gasteiger partial charge in [0, 0.05) is 35.9 Å². The van der Waals surface area contributed by atoms with Gasteiger partial charge in [0.25, 0.3) is 0 Å². The normalized spacial score (nSPS) is 20.4. The van der Waals surface area contributed by atoms with Crippen LogP contribution in [0.5, 0.6) is 5.75 Å². The number of H-pyrrole nitrogens is 1. The lowest BCUT2D eigenvalue weighted by Crippen LogP contribution is -2.50. The third-order valence-electron chi connectivity index (χ3n) is 7.99. The number of para-hydroxylation sites is 1. The minimum absolute atomic E-state index is 0.0517. The number of rotatable bonds is 8. The minimum Gasteiger partial charge on any atom is -0.494 e. The Kier molecular flexibility index (Phi) is 6.11. The van der Waals surface area contributed by atoms with E-state index in [1.807, 2.05) is 42.2 Å². The Bertz CT molecular complexity index is 1190. The number of aromatic nitrogens is 1. The van der Waals surface area contributed by atoms with Crippen LogP contribution in [0.1, 0.15) is 39.2 Å². The molecule has 34 heavy (non-hydrogen) atoms. The molecule has 2 bridgehead atoms. The number of nitrogens with one attached hydrogen (secondary N) is 2. The molecule has 0 aliphatic heterocycles. The monoisotopic (exact) mass is 457 g/mol. The first-order chi connectivity index (χ1) is 16.5. The van der Waals surface area contributed by atoms with Crippen molar-refractivity contribution in [3.05, 3.63) is 71.9 Å². The molecule has 1 fully saturated rings. The van der Waals surface area contributed by atoms with Gasteiger partial charge in [-0.1, -0.05) is 43.7 Å².